The number of benzene rings is 2. The highest BCUT2D eigenvalue weighted by Gasteiger charge is 2.67. The summed E-state index contributed by atoms with van der Waals surface area (Å²) in [6.45, 7) is 3.48. The Kier molecular flexibility index (Phi) is 7.46. The minimum atomic E-state index is -3.98. The minimum Gasteiger partial charge on any atom is -0.497 e. The fourth-order valence-electron chi connectivity index (χ4n) is 9.19. The van der Waals surface area contributed by atoms with Crippen molar-refractivity contribution in [2.75, 3.05) is 47.4 Å². The molecule has 4 fully saturated rings. The molecule has 47 heavy (non-hydrogen) atoms. The van der Waals surface area contributed by atoms with Crippen LogP contribution in [0.3, 0.4) is 0 Å². The van der Waals surface area contributed by atoms with E-state index in [0.717, 1.165) is 96.1 Å². The lowest BCUT2D eigenvalue weighted by Crippen LogP contribution is -2.58. The van der Waals surface area contributed by atoms with Crippen molar-refractivity contribution in [2.45, 2.75) is 81.2 Å². The third-order valence-electron chi connectivity index (χ3n) is 11.7. The first-order valence-electron chi connectivity index (χ1n) is 17.3. The van der Waals surface area contributed by atoms with Gasteiger partial charge in [-0.15, -0.1) is 0 Å². The summed E-state index contributed by atoms with van der Waals surface area (Å²) in [5.74, 6) is 0.590. The van der Waals surface area contributed by atoms with Gasteiger partial charge in [-0.1, -0.05) is 31.7 Å². The number of carbonyl (C=O) groups is 2. The summed E-state index contributed by atoms with van der Waals surface area (Å²) in [6, 6.07) is 12.2. The second kappa shape index (κ2) is 11.3. The van der Waals surface area contributed by atoms with Gasteiger partial charge in [0.15, 0.2) is 0 Å². The molecule has 3 aliphatic heterocycles. The first kappa shape index (κ1) is 30.9. The van der Waals surface area contributed by atoms with Crippen LogP contribution in [0.25, 0.3) is 22.2 Å². The summed E-state index contributed by atoms with van der Waals surface area (Å²) >= 11 is 0. The van der Waals surface area contributed by atoms with Gasteiger partial charge in [0.25, 0.3) is 5.91 Å². The third-order valence-corrected chi connectivity index (χ3v) is 13.1. The molecule has 4 heterocycles. The van der Waals surface area contributed by atoms with Gasteiger partial charge in [-0.3, -0.25) is 14.5 Å². The van der Waals surface area contributed by atoms with Crippen LogP contribution >= 0.6 is 0 Å². The van der Waals surface area contributed by atoms with Crippen molar-refractivity contribution in [1.82, 2.24) is 23.4 Å². The molecule has 3 unspecified atom stereocenters. The Hall–Kier alpha value is -3.41. The number of rotatable bonds is 6. The highest BCUT2D eigenvalue weighted by molar-refractivity contribution is 7.87. The number of amides is 2. The number of piperidine rings is 1. The molecule has 2 saturated heterocycles. The Morgan fingerprint density at radius 2 is 1.74 bits per heavy atom. The monoisotopic (exact) mass is 659 g/mol. The van der Waals surface area contributed by atoms with Crippen molar-refractivity contribution in [2.24, 2.45) is 0 Å². The van der Waals surface area contributed by atoms with Gasteiger partial charge in [-0.2, -0.15) is 12.7 Å². The highest BCUT2D eigenvalue weighted by Crippen LogP contribution is 2.67. The lowest BCUT2D eigenvalue weighted by atomic mass is 9.80. The SMILES string of the molecule is COc1ccc2c(c1)C1CC1(C(=O)N1CCN3CCCCC3C1)n1c-2c(C2CCCCC2)c2ccc(C(=O)NS(=O)(=O)N(C)C)cc21. The predicted octanol–water partition coefficient (Wildman–Crippen LogP) is 4.79. The van der Waals surface area contributed by atoms with E-state index in [2.05, 4.69) is 31.2 Å². The standard InChI is InChI=1S/C36H45N5O5S/c1-38(2)47(44,45)37-34(42)24-12-14-28-31(19-24)41-33(32(28)23-9-5-4-6-10-23)27-15-13-26(46-3)20-29(27)30-21-36(30,41)35(43)40-18-17-39-16-8-7-11-25(39)22-40/h12-15,19-20,23,25,30H,4-11,16-18,21-22H2,1-3H3,(H,37,42). The number of carbonyl (C=O) groups excluding carboxylic acids is 2. The van der Waals surface area contributed by atoms with Gasteiger partial charge in [0.1, 0.15) is 11.3 Å². The first-order chi connectivity index (χ1) is 22.6. The lowest BCUT2D eigenvalue weighted by molar-refractivity contribution is -0.140. The summed E-state index contributed by atoms with van der Waals surface area (Å²) < 4.78 is 36.4. The van der Waals surface area contributed by atoms with Crippen LogP contribution < -0.4 is 9.46 Å². The lowest BCUT2D eigenvalue weighted by Gasteiger charge is -2.45. The van der Waals surface area contributed by atoms with E-state index in [4.69, 9.17) is 4.74 Å². The number of aromatic nitrogens is 1. The van der Waals surface area contributed by atoms with Crippen molar-refractivity contribution in [1.29, 1.82) is 0 Å². The second-order valence-electron chi connectivity index (χ2n) is 14.5. The van der Waals surface area contributed by atoms with Crippen LogP contribution in [0.1, 0.15) is 91.1 Å². The zero-order chi connectivity index (χ0) is 32.7. The Bertz CT molecular complexity index is 1880. The molecule has 250 valence electrons. The normalized spacial score (nSPS) is 25.9. The third kappa shape index (κ3) is 4.83. The van der Waals surface area contributed by atoms with Gasteiger partial charge in [0.2, 0.25) is 5.91 Å². The van der Waals surface area contributed by atoms with E-state index in [1.165, 1.54) is 38.9 Å². The van der Waals surface area contributed by atoms with Gasteiger partial charge in [0.05, 0.1) is 18.3 Å². The van der Waals surface area contributed by atoms with Crippen LogP contribution in [-0.4, -0.2) is 92.3 Å². The Balaban J connectivity index is 1.32. The maximum absolute atomic E-state index is 15.1. The molecule has 1 aromatic heterocycles. The van der Waals surface area contributed by atoms with E-state index in [1.807, 2.05) is 18.2 Å². The number of nitrogens with zero attached hydrogens (tertiary/aromatic N) is 4. The van der Waals surface area contributed by atoms with Crippen LogP contribution in [0.5, 0.6) is 5.75 Å². The molecule has 2 aromatic carbocycles. The van der Waals surface area contributed by atoms with E-state index < -0.39 is 21.7 Å². The molecule has 0 spiro atoms. The molecule has 0 bridgehead atoms. The largest absolute Gasteiger partial charge is 0.497 e. The zero-order valence-corrected chi connectivity index (χ0v) is 28.4. The summed E-state index contributed by atoms with van der Waals surface area (Å²) in [5, 5.41) is 1.05. The van der Waals surface area contributed by atoms with E-state index in [-0.39, 0.29) is 17.4 Å². The van der Waals surface area contributed by atoms with Crippen LogP contribution in [-0.2, 0) is 20.5 Å². The maximum Gasteiger partial charge on any atom is 0.303 e. The molecule has 8 rings (SSSR count). The smallest absolute Gasteiger partial charge is 0.303 e. The highest BCUT2D eigenvalue weighted by atomic mass is 32.2. The quantitative estimate of drug-likeness (QED) is 0.408. The molecule has 2 aliphatic carbocycles. The van der Waals surface area contributed by atoms with Crippen molar-refractivity contribution < 1.29 is 22.7 Å². The summed E-state index contributed by atoms with van der Waals surface area (Å²) in [4.78, 5) is 33.2. The van der Waals surface area contributed by atoms with Gasteiger partial charge in [-0.05, 0) is 86.0 Å². The first-order valence-corrected chi connectivity index (χ1v) is 18.7. The van der Waals surface area contributed by atoms with Crippen molar-refractivity contribution in [3.05, 3.63) is 53.1 Å². The number of fused-ring (bicyclic) bond motifs is 9. The summed E-state index contributed by atoms with van der Waals surface area (Å²) in [6.07, 6.45) is 9.94. The van der Waals surface area contributed by atoms with Gasteiger partial charge < -0.3 is 14.2 Å². The van der Waals surface area contributed by atoms with Gasteiger partial charge in [-0.25, -0.2) is 4.72 Å². The Labute approximate surface area is 277 Å². The molecular weight excluding hydrogens is 614 g/mol. The Morgan fingerprint density at radius 1 is 0.957 bits per heavy atom. The topological polar surface area (TPSA) is 104 Å². The predicted molar refractivity (Wildman–Crippen MR) is 181 cm³/mol. The van der Waals surface area contributed by atoms with Crippen LogP contribution in [0.2, 0.25) is 0 Å². The number of nitrogens with one attached hydrogen (secondary N) is 1. The van der Waals surface area contributed by atoms with Crippen molar-refractivity contribution in [3.63, 3.8) is 0 Å². The number of ether oxygens (including phenoxy) is 1. The van der Waals surface area contributed by atoms with Gasteiger partial charge in [0, 0.05) is 62.2 Å². The average Bonchev–Trinajstić information content (AvgIpc) is 3.76. The molecule has 2 saturated carbocycles. The number of hydrogen-bond donors (Lipinski definition) is 1. The zero-order valence-electron chi connectivity index (χ0n) is 27.6. The molecule has 2 amide bonds. The maximum atomic E-state index is 15.1. The van der Waals surface area contributed by atoms with Crippen LogP contribution in [0.4, 0.5) is 0 Å². The van der Waals surface area contributed by atoms with Gasteiger partial charge >= 0.3 is 10.2 Å². The molecule has 5 aliphatic rings. The molecular formula is C36H45N5O5S. The van der Waals surface area contributed by atoms with Crippen molar-refractivity contribution >= 4 is 32.9 Å². The average molecular weight is 660 g/mol. The van der Waals surface area contributed by atoms with E-state index in [9.17, 15) is 13.2 Å². The molecule has 0 radical (unpaired) electrons. The van der Waals surface area contributed by atoms with E-state index in [0.29, 0.717) is 18.4 Å². The number of methoxy groups -OCH3 is 1. The van der Waals surface area contributed by atoms with Crippen molar-refractivity contribution in [3.8, 4) is 17.0 Å². The summed E-state index contributed by atoms with van der Waals surface area (Å²) in [5.41, 5.74) is 4.93. The number of hydrogen-bond acceptors (Lipinski definition) is 6. The van der Waals surface area contributed by atoms with E-state index in [1.54, 1.807) is 13.2 Å². The minimum absolute atomic E-state index is 0.0154. The number of piperazine rings is 1. The Morgan fingerprint density at radius 3 is 2.51 bits per heavy atom. The molecule has 1 N–H and O–H groups in total. The molecule has 3 aromatic rings. The van der Waals surface area contributed by atoms with Crippen LogP contribution in [0.15, 0.2) is 36.4 Å². The fraction of sp³-hybridized carbons (Fsp3) is 0.556. The van der Waals surface area contributed by atoms with Crippen LogP contribution in [0, 0.1) is 0 Å². The molecule has 11 heteroatoms. The second-order valence-corrected chi connectivity index (χ2v) is 16.3. The molecule has 3 atom stereocenters. The molecule has 10 nitrogen and oxygen atoms in total. The summed E-state index contributed by atoms with van der Waals surface area (Å²) in [7, 11) is 0.490. The fourth-order valence-corrected chi connectivity index (χ4v) is 9.73. The van der Waals surface area contributed by atoms with E-state index >= 15 is 4.79 Å².